The quantitative estimate of drug-likeness (QED) is 0.896. The van der Waals surface area contributed by atoms with Crippen LogP contribution in [0.3, 0.4) is 0 Å². The Balaban J connectivity index is 2.54. The second-order valence-electron chi connectivity index (χ2n) is 4.15. The predicted octanol–water partition coefficient (Wildman–Crippen LogP) is 3.22. The predicted molar refractivity (Wildman–Crippen MR) is 82.3 cm³/mol. The molecular weight excluding hydrogens is 322 g/mol. The number of hydrogen-bond acceptors (Lipinski definition) is 5. The number of nitrogens with one attached hydrogen (secondary N) is 1. The Morgan fingerprint density at radius 1 is 1.35 bits per heavy atom. The van der Waals surface area contributed by atoms with E-state index in [1.165, 1.54) is 7.11 Å². The van der Waals surface area contributed by atoms with E-state index in [-0.39, 0.29) is 5.75 Å². The lowest BCUT2D eigenvalue weighted by atomic mass is 10.1. The number of aromatic nitrogens is 2. The fourth-order valence-electron chi connectivity index (χ4n) is 1.85. The second-order valence-corrected chi connectivity index (χ2v) is 4.94. The number of anilines is 1. The first kappa shape index (κ1) is 14.6. The number of phenols is 1. The molecule has 0 radical (unpaired) electrons. The maximum atomic E-state index is 9.85. The Morgan fingerprint density at radius 2 is 2.10 bits per heavy atom. The molecule has 20 heavy (non-hydrogen) atoms. The number of benzene rings is 1. The summed E-state index contributed by atoms with van der Waals surface area (Å²) in [6.45, 7) is 2.03. The van der Waals surface area contributed by atoms with Gasteiger partial charge in [0.05, 0.1) is 17.3 Å². The highest BCUT2D eigenvalue weighted by Crippen LogP contribution is 2.32. The number of phenolic OH excluding ortho intramolecular Hbond substituents is 1. The summed E-state index contributed by atoms with van der Waals surface area (Å²) in [6, 6.07) is 5.11. The van der Waals surface area contributed by atoms with E-state index in [2.05, 4.69) is 31.2 Å². The van der Waals surface area contributed by atoms with Crippen molar-refractivity contribution in [2.24, 2.45) is 0 Å². The van der Waals surface area contributed by atoms with Crippen LogP contribution in [0, 0.1) is 0 Å². The number of aryl methyl sites for hydroxylation is 1. The number of nitrogens with zero attached hydrogens (tertiary/aromatic N) is 2. The van der Waals surface area contributed by atoms with Gasteiger partial charge < -0.3 is 15.2 Å². The SMILES string of the molecule is CCc1nc(-c2ccc(OC)c(O)c2)nc(NC)c1Br. The van der Waals surface area contributed by atoms with E-state index in [4.69, 9.17) is 4.74 Å². The van der Waals surface area contributed by atoms with Crippen molar-refractivity contribution in [3.8, 4) is 22.9 Å². The third-order valence-electron chi connectivity index (χ3n) is 2.93. The molecule has 0 aliphatic carbocycles. The highest BCUT2D eigenvalue weighted by Gasteiger charge is 2.13. The highest BCUT2D eigenvalue weighted by molar-refractivity contribution is 9.10. The molecular formula is C14H16BrN3O2. The summed E-state index contributed by atoms with van der Waals surface area (Å²) in [5.74, 6) is 1.78. The van der Waals surface area contributed by atoms with Crippen molar-refractivity contribution in [2.75, 3.05) is 19.5 Å². The average Bonchev–Trinajstić information content (AvgIpc) is 2.47. The van der Waals surface area contributed by atoms with Gasteiger partial charge in [0.25, 0.3) is 0 Å². The molecule has 6 heteroatoms. The fourth-order valence-corrected chi connectivity index (χ4v) is 2.51. The molecule has 2 N–H and O–H groups in total. The molecule has 1 aromatic carbocycles. The van der Waals surface area contributed by atoms with Crippen LogP contribution in [-0.4, -0.2) is 29.2 Å². The number of hydrogen-bond donors (Lipinski definition) is 2. The van der Waals surface area contributed by atoms with Crippen LogP contribution in [0.4, 0.5) is 5.82 Å². The van der Waals surface area contributed by atoms with E-state index in [0.717, 1.165) is 28.0 Å². The summed E-state index contributed by atoms with van der Waals surface area (Å²) in [7, 11) is 3.32. The summed E-state index contributed by atoms with van der Waals surface area (Å²) >= 11 is 3.49. The third kappa shape index (κ3) is 2.70. The molecule has 0 unspecified atom stereocenters. The van der Waals surface area contributed by atoms with Gasteiger partial charge in [-0.2, -0.15) is 0 Å². The number of rotatable bonds is 4. The lowest BCUT2D eigenvalue weighted by Gasteiger charge is -2.11. The molecule has 106 valence electrons. The standard InChI is InChI=1S/C14H16BrN3O2/c1-4-9-12(15)14(16-2)18-13(17-9)8-5-6-11(20-3)10(19)7-8/h5-7,19H,4H2,1-3H3,(H,16,17,18). The van der Waals surface area contributed by atoms with Crippen molar-refractivity contribution in [3.63, 3.8) is 0 Å². The zero-order valence-electron chi connectivity index (χ0n) is 11.6. The Hall–Kier alpha value is -1.82. The monoisotopic (exact) mass is 337 g/mol. The summed E-state index contributed by atoms with van der Waals surface area (Å²) in [5, 5.41) is 12.9. The first-order chi connectivity index (χ1) is 9.60. The van der Waals surface area contributed by atoms with E-state index >= 15 is 0 Å². The molecule has 2 rings (SSSR count). The van der Waals surface area contributed by atoms with Crippen molar-refractivity contribution in [1.29, 1.82) is 0 Å². The van der Waals surface area contributed by atoms with E-state index < -0.39 is 0 Å². The van der Waals surface area contributed by atoms with Crippen LogP contribution in [0.5, 0.6) is 11.5 Å². The summed E-state index contributed by atoms with van der Waals surface area (Å²) < 4.78 is 5.90. The average molecular weight is 338 g/mol. The van der Waals surface area contributed by atoms with E-state index in [1.807, 2.05) is 20.0 Å². The van der Waals surface area contributed by atoms with Crippen LogP contribution < -0.4 is 10.1 Å². The molecule has 5 nitrogen and oxygen atoms in total. The van der Waals surface area contributed by atoms with Gasteiger partial charge in [-0.25, -0.2) is 9.97 Å². The molecule has 0 fully saturated rings. The maximum absolute atomic E-state index is 9.85. The number of aromatic hydroxyl groups is 1. The topological polar surface area (TPSA) is 67.3 Å². The van der Waals surface area contributed by atoms with Crippen LogP contribution >= 0.6 is 15.9 Å². The highest BCUT2D eigenvalue weighted by atomic mass is 79.9. The van der Waals surface area contributed by atoms with E-state index in [9.17, 15) is 5.11 Å². The fraction of sp³-hybridized carbons (Fsp3) is 0.286. The normalized spacial score (nSPS) is 10.4. The molecule has 0 aliphatic heterocycles. The molecule has 1 heterocycles. The number of ether oxygens (including phenoxy) is 1. The van der Waals surface area contributed by atoms with Gasteiger partial charge in [0.15, 0.2) is 17.3 Å². The Labute approximate surface area is 126 Å². The summed E-state index contributed by atoms with van der Waals surface area (Å²) in [6.07, 6.45) is 0.785. The lowest BCUT2D eigenvalue weighted by molar-refractivity contribution is 0.373. The lowest BCUT2D eigenvalue weighted by Crippen LogP contribution is -2.02. The van der Waals surface area contributed by atoms with Crippen LogP contribution in [0.15, 0.2) is 22.7 Å². The molecule has 0 saturated carbocycles. The van der Waals surface area contributed by atoms with Crippen molar-refractivity contribution >= 4 is 21.7 Å². The molecule has 2 aromatic rings. The Kier molecular flexibility index (Phi) is 4.44. The van der Waals surface area contributed by atoms with Crippen LogP contribution in [-0.2, 0) is 6.42 Å². The molecule has 0 aliphatic rings. The zero-order valence-corrected chi connectivity index (χ0v) is 13.2. The van der Waals surface area contributed by atoms with Crippen molar-refractivity contribution in [2.45, 2.75) is 13.3 Å². The molecule has 0 amide bonds. The third-order valence-corrected chi connectivity index (χ3v) is 3.76. The van der Waals surface area contributed by atoms with Gasteiger partial charge in [0.2, 0.25) is 0 Å². The van der Waals surface area contributed by atoms with Gasteiger partial charge in [-0.15, -0.1) is 0 Å². The van der Waals surface area contributed by atoms with Crippen LogP contribution in [0.2, 0.25) is 0 Å². The first-order valence-electron chi connectivity index (χ1n) is 6.22. The second kappa shape index (κ2) is 6.09. The molecule has 0 atom stereocenters. The van der Waals surface area contributed by atoms with Crippen LogP contribution in [0.1, 0.15) is 12.6 Å². The minimum atomic E-state index is 0.0700. The largest absolute Gasteiger partial charge is 0.504 e. The molecule has 0 saturated heterocycles. The molecule has 0 bridgehead atoms. The van der Waals surface area contributed by atoms with Gasteiger partial charge in [-0.1, -0.05) is 6.92 Å². The van der Waals surface area contributed by atoms with Crippen molar-refractivity contribution < 1.29 is 9.84 Å². The van der Waals surface area contributed by atoms with Crippen molar-refractivity contribution in [1.82, 2.24) is 9.97 Å². The minimum Gasteiger partial charge on any atom is -0.504 e. The van der Waals surface area contributed by atoms with Crippen molar-refractivity contribution in [3.05, 3.63) is 28.4 Å². The van der Waals surface area contributed by atoms with Gasteiger partial charge in [-0.05, 0) is 40.5 Å². The number of methoxy groups -OCH3 is 1. The number of halogens is 1. The first-order valence-corrected chi connectivity index (χ1v) is 7.01. The Bertz CT molecular complexity index is 607. The summed E-state index contributed by atoms with van der Waals surface area (Å²) in [5.41, 5.74) is 1.65. The smallest absolute Gasteiger partial charge is 0.161 e. The van der Waals surface area contributed by atoms with E-state index in [1.54, 1.807) is 12.1 Å². The molecule has 1 aromatic heterocycles. The van der Waals surface area contributed by atoms with Gasteiger partial charge in [-0.3, -0.25) is 0 Å². The van der Waals surface area contributed by atoms with E-state index in [0.29, 0.717) is 11.6 Å². The van der Waals surface area contributed by atoms with Gasteiger partial charge in [0.1, 0.15) is 5.82 Å². The zero-order chi connectivity index (χ0) is 14.7. The molecule has 0 spiro atoms. The van der Waals surface area contributed by atoms with Gasteiger partial charge >= 0.3 is 0 Å². The minimum absolute atomic E-state index is 0.0700. The summed E-state index contributed by atoms with van der Waals surface area (Å²) in [4.78, 5) is 8.96. The Morgan fingerprint density at radius 3 is 2.65 bits per heavy atom. The maximum Gasteiger partial charge on any atom is 0.161 e. The van der Waals surface area contributed by atoms with Gasteiger partial charge in [0, 0.05) is 12.6 Å². The van der Waals surface area contributed by atoms with Crippen LogP contribution in [0.25, 0.3) is 11.4 Å².